The van der Waals surface area contributed by atoms with Crippen molar-refractivity contribution in [2.75, 3.05) is 17.7 Å². The summed E-state index contributed by atoms with van der Waals surface area (Å²) >= 11 is 0. The lowest BCUT2D eigenvalue weighted by molar-refractivity contribution is 0.0600. The van der Waals surface area contributed by atoms with Crippen molar-refractivity contribution >= 4 is 23.3 Å². The van der Waals surface area contributed by atoms with Crippen molar-refractivity contribution in [1.29, 1.82) is 0 Å². The summed E-state index contributed by atoms with van der Waals surface area (Å²) in [5, 5.41) is 6.07. The highest BCUT2D eigenvalue weighted by molar-refractivity contribution is 6.03. The molecule has 0 aliphatic heterocycles. The van der Waals surface area contributed by atoms with Crippen LogP contribution in [-0.2, 0) is 11.3 Å². The summed E-state index contributed by atoms with van der Waals surface area (Å²) < 4.78 is 4.66. The smallest absolute Gasteiger partial charge is 0.337 e. The molecule has 142 valence electrons. The van der Waals surface area contributed by atoms with Crippen LogP contribution in [0.5, 0.6) is 0 Å². The highest BCUT2D eigenvalue weighted by atomic mass is 16.5. The van der Waals surface area contributed by atoms with Gasteiger partial charge in [0.1, 0.15) is 5.69 Å². The molecule has 6 heteroatoms. The van der Waals surface area contributed by atoms with Gasteiger partial charge in [0.05, 0.1) is 12.7 Å². The molecule has 0 aliphatic rings. The minimum absolute atomic E-state index is 0.297. The summed E-state index contributed by atoms with van der Waals surface area (Å²) in [5.74, 6) is -0.753. The first kappa shape index (κ1) is 19.1. The molecule has 0 saturated heterocycles. The maximum absolute atomic E-state index is 12.5. The first-order valence-corrected chi connectivity index (χ1v) is 8.80. The van der Waals surface area contributed by atoms with Crippen LogP contribution in [0.3, 0.4) is 0 Å². The zero-order valence-corrected chi connectivity index (χ0v) is 15.7. The van der Waals surface area contributed by atoms with Gasteiger partial charge >= 0.3 is 5.97 Å². The minimum Gasteiger partial charge on any atom is -0.465 e. The van der Waals surface area contributed by atoms with Crippen molar-refractivity contribution in [3.63, 3.8) is 0 Å². The fourth-order valence-corrected chi connectivity index (χ4v) is 2.69. The van der Waals surface area contributed by atoms with Crippen molar-refractivity contribution in [3.8, 4) is 0 Å². The molecule has 0 aliphatic carbocycles. The van der Waals surface area contributed by atoms with Crippen LogP contribution in [0.15, 0.2) is 66.9 Å². The second kappa shape index (κ2) is 8.81. The maximum Gasteiger partial charge on any atom is 0.337 e. The van der Waals surface area contributed by atoms with E-state index in [2.05, 4.69) is 39.4 Å². The molecule has 0 radical (unpaired) electrons. The number of amides is 1. The van der Waals surface area contributed by atoms with E-state index in [9.17, 15) is 9.59 Å². The number of aryl methyl sites for hydroxylation is 1. The summed E-state index contributed by atoms with van der Waals surface area (Å²) in [5.41, 5.74) is 4.45. The first-order chi connectivity index (χ1) is 13.5. The Morgan fingerprint density at radius 3 is 2.50 bits per heavy atom. The Hall–Kier alpha value is -3.67. The number of nitrogens with zero attached hydrogens (tertiary/aromatic N) is 1. The molecule has 3 rings (SSSR count). The van der Waals surface area contributed by atoms with Gasteiger partial charge in [-0.25, -0.2) is 4.79 Å². The van der Waals surface area contributed by atoms with Gasteiger partial charge in [0.15, 0.2) is 0 Å². The topological polar surface area (TPSA) is 80.3 Å². The molecule has 1 heterocycles. The van der Waals surface area contributed by atoms with E-state index in [1.807, 2.05) is 18.2 Å². The van der Waals surface area contributed by atoms with E-state index in [-0.39, 0.29) is 5.91 Å². The number of esters is 1. The van der Waals surface area contributed by atoms with E-state index < -0.39 is 5.97 Å². The van der Waals surface area contributed by atoms with E-state index in [1.165, 1.54) is 12.7 Å². The molecule has 2 N–H and O–H groups in total. The zero-order chi connectivity index (χ0) is 19.9. The average molecular weight is 375 g/mol. The molecular weight excluding hydrogens is 354 g/mol. The molecule has 28 heavy (non-hydrogen) atoms. The summed E-state index contributed by atoms with van der Waals surface area (Å²) in [6, 6.07) is 18.2. The Bertz CT molecular complexity index is 984. The van der Waals surface area contributed by atoms with Crippen molar-refractivity contribution in [2.45, 2.75) is 13.5 Å². The first-order valence-electron chi connectivity index (χ1n) is 8.80. The third-order valence-corrected chi connectivity index (χ3v) is 4.14. The van der Waals surface area contributed by atoms with E-state index >= 15 is 0 Å². The Kier molecular flexibility index (Phi) is 6.01. The van der Waals surface area contributed by atoms with Crippen molar-refractivity contribution < 1.29 is 14.3 Å². The van der Waals surface area contributed by atoms with Crippen molar-refractivity contribution in [2.24, 2.45) is 0 Å². The molecular formula is C22H21N3O3. The number of carbonyl (C=O) groups excluding carboxylic acids is 2. The lowest BCUT2D eigenvalue weighted by Gasteiger charge is -2.09. The van der Waals surface area contributed by atoms with Crippen molar-refractivity contribution in [3.05, 3.63) is 89.2 Å². The van der Waals surface area contributed by atoms with Gasteiger partial charge in [0, 0.05) is 24.1 Å². The van der Waals surface area contributed by atoms with Crippen LogP contribution >= 0.6 is 0 Å². The summed E-state index contributed by atoms with van der Waals surface area (Å²) in [6.45, 7) is 2.71. The number of anilines is 2. The molecule has 1 amide bonds. The number of nitrogens with one attached hydrogen (secondary N) is 2. The third-order valence-electron chi connectivity index (χ3n) is 4.14. The Morgan fingerprint density at radius 2 is 1.79 bits per heavy atom. The Morgan fingerprint density at radius 1 is 1.00 bits per heavy atom. The van der Waals surface area contributed by atoms with Crippen LogP contribution in [0.1, 0.15) is 32.0 Å². The number of rotatable bonds is 6. The molecule has 0 bridgehead atoms. The number of hydrogen-bond donors (Lipinski definition) is 2. The lowest BCUT2D eigenvalue weighted by Crippen LogP contribution is -2.14. The number of methoxy groups -OCH3 is 1. The molecule has 0 fully saturated rings. The van der Waals surface area contributed by atoms with E-state index in [0.29, 0.717) is 23.5 Å². The summed E-state index contributed by atoms with van der Waals surface area (Å²) in [4.78, 5) is 28.1. The average Bonchev–Trinajstić information content (AvgIpc) is 2.72. The minimum atomic E-state index is -0.424. The predicted molar refractivity (Wildman–Crippen MR) is 108 cm³/mol. The van der Waals surface area contributed by atoms with Gasteiger partial charge in [-0.15, -0.1) is 0 Å². The number of pyridine rings is 1. The molecule has 3 aromatic rings. The monoisotopic (exact) mass is 375 g/mol. The SMILES string of the molecule is COC(=O)c1ccc(NC(=O)c2cc(NCc3cccc(C)c3)ccn2)cc1. The van der Waals surface area contributed by atoms with Crippen LogP contribution in [-0.4, -0.2) is 24.0 Å². The number of ether oxygens (including phenoxy) is 1. The van der Waals surface area contributed by atoms with Gasteiger partial charge in [-0.3, -0.25) is 9.78 Å². The zero-order valence-electron chi connectivity index (χ0n) is 15.7. The number of aromatic nitrogens is 1. The molecule has 6 nitrogen and oxygen atoms in total. The third kappa shape index (κ3) is 4.94. The number of benzene rings is 2. The summed E-state index contributed by atoms with van der Waals surface area (Å²) in [6.07, 6.45) is 1.59. The highest BCUT2D eigenvalue weighted by Gasteiger charge is 2.10. The molecule has 0 saturated carbocycles. The molecule has 0 unspecified atom stereocenters. The lowest BCUT2D eigenvalue weighted by atomic mass is 10.1. The quantitative estimate of drug-likeness (QED) is 0.636. The Balaban J connectivity index is 1.64. The van der Waals surface area contributed by atoms with Gasteiger partial charge < -0.3 is 15.4 Å². The van der Waals surface area contributed by atoms with Crippen LogP contribution in [0.4, 0.5) is 11.4 Å². The van der Waals surface area contributed by atoms with Crippen LogP contribution in [0, 0.1) is 6.92 Å². The second-order valence-corrected chi connectivity index (χ2v) is 6.30. The molecule has 0 spiro atoms. The van der Waals surface area contributed by atoms with Crippen LogP contribution in [0.2, 0.25) is 0 Å². The van der Waals surface area contributed by atoms with E-state index in [1.54, 1.807) is 36.5 Å². The standard InChI is InChI=1S/C22H21N3O3/c1-15-4-3-5-16(12-15)14-24-19-10-11-23-20(13-19)21(26)25-18-8-6-17(7-9-18)22(27)28-2/h3-13H,14H2,1-2H3,(H,23,24)(H,25,26). The van der Waals surface area contributed by atoms with E-state index in [0.717, 1.165) is 11.3 Å². The Labute approximate surface area is 163 Å². The fraction of sp³-hybridized carbons (Fsp3) is 0.136. The van der Waals surface area contributed by atoms with Crippen molar-refractivity contribution in [1.82, 2.24) is 4.98 Å². The van der Waals surface area contributed by atoms with Gasteiger partial charge in [0.2, 0.25) is 0 Å². The van der Waals surface area contributed by atoms with Gasteiger partial charge in [-0.2, -0.15) is 0 Å². The fourth-order valence-electron chi connectivity index (χ4n) is 2.69. The molecule has 2 aromatic carbocycles. The predicted octanol–water partition coefficient (Wildman–Crippen LogP) is 4.04. The molecule has 1 aromatic heterocycles. The van der Waals surface area contributed by atoms with Gasteiger partial charge in [0.25, 0.3) is 5.91 Å². The number of hydrogen-bond acceptors (Lipinski definition) is 5. The van der Waals surface area contributed by atoms with E-state index in [4.69, 9.17) is 0 Å². The largest absolute Gasteiger partial charge is 0.465 e. The van der Waals surface area contributed by atoms with Crippen LogP contribution < -0.4 is 10.6 Å². The second-order valence-electron chi connectivity index (χ2n) is 6.30. The van der Waals surface area contributed by atoms with Gasteiger partial charge in [-0.05, 0) is 48.9 Å². The maximum atomic E-state index is 12.5. The molecule has 0 atom stereocenters. The van der Waals surface area contributed by atoms with Gasteiger partial charge in [-0.1, -0.05) is 29.8 Å². The normalized spacial score (nSPS) is 10.2. The summed E-state index contributed by atoms with van der Waals surface area (Å²) in [7, 11) is 1.32. The number of carbonyl (C=O) groups is 2. The van der Waals surface area contributed by atoms with Crippen LogP contribution in [0.25, 0.3) is 0 Å². The highest BCUT2D eigenvalue weighted by Crippen LogP contribution is 2.14.